The monoisotopic (exact) mass is 316 g/mol. The minimum atomic E-state index is 0.180. The van der Waals surface area contributed by atoms with E-state index in [-0.39, 0.29) is 11.9 Å². The Morgan fingerprint density at radius 1 is 1.30 bits per heavy atom. The molecule has 126 valence electrons. The van der Waals surface area contributed by atoms with Crippen molar-refractivity contribution in [2.75, 3.05) is 18.0 Å². The second-order valence-corrected chi connectivity index (χ2v) is 7.08. The minimum Gasteiger partial charge on any atom is -0.356 e. The number of nitrogens with one attached hydrogen (secondary N) is 1. The molecular weight excluding hydrogens is 288 g/mol. The van der Waals surface area contributed by atoms with Crippen LogP contribution in [0.2, 0.25) is 0 Å². The summed E-state index contributed by atoms with van der Waals surface area (Å²) in [6.45, 7) is 3.95. The lowest BCUT2D eigenvalue weighted by Gasteiger charge is -2.33. The molecule has 0 unspecified atom stereocenters. The Kier molecular flexibility index (Phi) is 5.16. The van der Waals surface area contributed by atoms with Crippen LogP contribution in [0.1, 0.15) is 44.1 Å². The fourth-order valence-corrected chi connectivity index (χ4v) is 3.74. The third kappa shape index (κ3) is 4.22. The smallest absolute Gasteiger partial charge is 0.220 e. The summed E-state index contributed by atoms with van der Waals surface area (Å²) in [6.07, 6.45) is 7.82. The first-order valence-electron chi connectivity index (χ1n) is 8.84. The molecule has 1 aliphatic carbocycles. The molecule has 1 aromatic heterocycles. The number of hydrogen-bond donors (Lipinski definition) is 2. The number of amides is 1. The third-order valence-electron chi connectivity index (χ3n) is 5.25. The van der Waals surface area contributed by atoms with Gasteiger partial charge in [0.25, 0.3) is 0 Å². The highest BCUT2D eigenvalue weighted by molar-refractivity contribution is 5.76. The van der Waals surface area contributed by atoms with Crippen LogP contribution in [0.5, 0.6) is 0 Å². The summed E-state index contributed by atoms with van der Waals surface area (Å²) in [4.78, 5) is 19.0. The summed E-state index contributed by atoms with van der Waals surface area (Å²) in [7, 11) is 0. The molecule has 2 fully saturated rings. The molecule has 0 spiro atoms. The maximum absolute atomic E-state index is 12.2. The van der Waals surface area contributed by atoms with E-state index in [1.807, 2.05) is 6.20 Å². The number of pyridine rings is 1. The molecule has 0 radical (unpaired) electrons. The van der Waals surface area contributed by atoms with Gasteiger partial charge in [-0.05, 0) is 50.2 Å². The van der Waals surface area contributed by atoms with Gasteiger partial charge in [-0.25, -0.2) is 4.98 Å². The third-order valence-corrected chi connectivity index (χ3v) is 5.25. The lowest BCUT2D eigenvalue weighted by molar-refractivity contribution is -0.122. The summed E-state index contributed by atoms with van der Waals surface area (Å²) in [5.74, 6) is 1.60. The summed E-state index contributed by atoms with van der Waals surface area (Å²) in [5, 5.41) is 3.21. The molecule has 2 atom stereocenters. The van der Waals surface area contributed by atoms with Crippen LogP contribution in [0.4, 0.5) is 5.82 Å². The van der Waals surface area contributed by atoms with Crippen molar-refractivity contribution in [3.8, 4) is 0 Å². The van der Waals surface area contributed by atoms with Crippen molar-refractivity contribution in [1.29, 1.82) is 0 Å². The van der Waals surface area contributed by atoms with Crippen LogP contribution in [0, 0.1) is 12.8 Å². The van der Waals surface area contributed by atoms with Gasteiger partial charge in [-0.1, -0.05) is 12.5 Å². The van der Waals surface area contributed by atoms with Crippen molar-refractivity contribution >= 4 is 11.7 Å². The number of carbonyl (C=O) groups is 1. The molecule has 1 saturated heterocycles. The summed E-state index contributed by atoms with van der Waals surface area (Å²) >= 11 is 0. The van der Waals surface area contributed by atoms with Crippen LogP contribution in [0.25, 0.3) is 0 Å². The van der Waals surface area contributed by atoms with Crippen molar-refractivity contribution in [1.82, 2.24) is 10.3 Å². The summed E-state index contributed by atoms with van der Waals surface area (Å²) in [5.41, 5.74) is 7.24. The van der Waals surface area contributed by atoms with Gasteiger partial charge in [-0.3, -0.25) is 4.79 Å². The first-order valence-corrected chi connectivity index (χ1v) is 8.84. The van der Waals surface area contributed by atoms with Gasteiger partial charge in [0.05, 0.1) is 0 Å². The maximum atomic E-state index is 12.2. The Balaban J connectivity index is 1.43. The van der Waals surface area contributed by atoms with E-state index in [9.17, 15) is 4.79 Å². The average molecular weight is 316 g/mol. The Morgan fingerprint density at radius 2 is 2.09 bits per heavy atom. The SMILES string of the molecule is Cc1ccc(N2CCC(NC(=O)C[C@@H]3CCC[C@H]3N)CC2)nc1. The van der Waals surface area contributed by atoms with Crippen LogP contribution >= 0.6 is 0 Å². The van der Waals surface area contributed by atoms with Gasteiger partial charge < -0.3 is 16.0 Å². The summed E-state index contributed by atoms with van der Waals surface area (Å²) < 4.78 is 0. The fraction of sp³-hybridized carbons (Fsp3) is 0.667. The van der Waals surface area contributed by atoms with E-state index in [0.29, 0.717) is 18.4 Å². The van der Waals surface area contributed by atoms with Crippen LogP contribution in [0.15, 0.2) is 18.3 Å². The Labute approximate surface area is 138 Å². The van der Waals surface area contributed by atoms with Crippen LogP contribution < -0.4 is 16.0 Å². The number of hydrogen-bond acceptors (Lipinski definition) is 4. The number of nitrogens with zero attached hydrogens (tertiary/aromatic N) is 2. The molecule has 2 heterocycles. The minimum absolute atomic E-state index is 0.180. The Hall–Kier alpha value is -1.62. The van der Waals surface area contributed by atoms with E-state index in [2.05, 4.69) is 34.3 Å². The van der Waals surface area contributed by atoms with Crippen LogP contribution in [-0.4, -0.2) is 36.1 Å². The number of carbonyl (C=O) groups excluding carboxylic acids is 1. The average Bonchev–Trinajstić information content (AvgIpc) is 2.94. The molecule has 1 aliphatic heterocycles. The number of piperidine rings is 1. The van der Waals surface area contributed by atoms with Gasteiger partial charge in [0.1, 0.15) is 5.82 Å². The van der Waals surface area contributed by atoms with Gasteiger partial charge >= 0.3 is 0 Å². The highest BCUT2D eigenvalue weighted by atomic mass is 16.1. The van der Waals surface area contributed by atoms with Crippen molar-refractivity contribution in [3.63, 3.8) is 0 Å². The van der Waals surface area contributed by atoms with E-state index < -0.39 is 0 Å². The quantitative estimate of drug-likeness (QED) is 0.891. The zero-order valence-corrected chi connectivity index (χ0v) is 14.0. The molecule has 5 heteroatoms. The standard InChI is InChI=1S/C18H28N4O/c1-13-5-6-17(20-12-13)22-9-7-15(8-10-22)21-18(23)11-14-3-2-4-16(14)19/h5-6,12,14-16H,2-4,7-11,19H2,1H3,(H,21,23)/t14-,16+/m0/s1. The zero-order chi connectivity index (χ0) is 16.2. The summed E-state index contributed by atoms with van der Waals surface area (Å²) in [6, 6.07) is 4.69. The van der Waals surface area contributed by atoms with Crippen molar-refractivity contribution in [3.05, 3.63) is 23.9 Å². The lowest BCUT2D eigenvalue weighted by Crippen LogP contribution is -2.45. The van der Waals surface area contributed by atoms with Crippen LogP contribution in [-0.2, 0) is 4.79 Å². The number of nitrogens with two attached hydrogens (primary N) is 1. The van der Waals surface area contributed by atoms with Crippen molar-refractivity contribution < 1.29 is 4.79 Å². The highest BCUT2D eigenvalue weighted by Crippen LogP contribution is 2.27. The first-order chi connectivity index (χ1) is 11.1. The topological polar surface area (TPSA) is 71.2 Å². The maximum Gasteiger partial charge on any atom is 0.220 e. The van der Waals surface area contributed by atoms with Gasteiger partial charge in [0, 0.05) is 37.8 Å². The molecule has 0 aromatic carbocycles. The molecule has 3 N–H and O–H groups in total. The Morgan fingerprint density at radius 3 is 2.70 bits per heavy atom. The number of aryl methyl sites for hydroxylation is 1. The van der Waals surface area contributed by atoms with E-state index in [4.69, 9.17) is 5.73 Å². The molecule has 1 amide bonds. The molecule has 0 bridgehead atoms. The Bertz CT molecular complexity index is 522. The van der Waals surface area contributed by atoms with E-state index in [1.54, 1.807) is 0 Å². The molecule has 5 nitrogen and oxygen atoms in total. The van der Waals surface area contributed by atoms with E-state index >= 15 is 0 Å². The predicted molar refractivity (Wildman–Crippen MR) is 92.3 cm³/mol. The highest BCUT2D eigenvalue weighted by Gasteiger charge is 2.27. The normalized spacial score (nSPS) is 25.6. The first kappa shape index (κ1) is 16.2. The fourth-order valence-electron chi connectivity index (χ4n) is 3.74. The van der Waals surface area contributed by atoms with Gasteiger partial charge in [-0.15, -0.1) is 0 Å². The van der Waals surface area contributed by atoms with Gasteiger partial charge in [-0.2, -0.15) is 0 Å². The number of anilines is 1. The molecule has 2 aliphatic rings. The number of aromatic nitrogens is 1. The molecule has 3 rings (SSSR count). The molecular formula is C18H28N4O. The largest absolute Gasteiger partial charge is 0.356 e. The second-order valence-electron chi connectivity index (χ2n) is 7.08. The predicted octanol–water partition coefficient (Wildman–Crippen LogP) is 1.99. The van der Waals surface area contributed by atoms with Crippen molar-refractivity contribution in [2.24, 2.45) is 11.7 Å². The van der Waals surface area contributed by atoms with Crippen molar-refractivity contribution in [2.45, 2.75) is 57.5 Å². The molecule has 23 heavy (non-hydrogen) atoms. The van der Waals surface area contributed by atoms with Gasteiger partial charge in [0.15, 0.2) is 0 Å². The van der Waals surface area contributed by atoms with E-state index in [0.717, 1.165) is 44.6 Å². The molecule has 1 aromatic rings. The molecule has 1 saturated carbocycles. The van der Waals surface area contributed by atoms with E-state index in [1.165, 1.54) is 12.0 Å². The number of rotatable bonds is 4. The van der Waals surface area contributed by atoms with Gasteiger partial charge in [0.2, 0.25) is 5.91 Å². The van der Waals surface area contributed by atoms with Crippen LogP contribution in [0.3, 0.4) is 0 Å². The second kappa shape index (κ2) is 7.30. The lowest BCUT2D eigenvalue weighted by atomic mass is 9.98. The zero-order valence-electron chi connectivity index (χ0n) is 14.0.